The molecule has 0 radical (unpaired) electrons. The van der Waals surface area contributed by atoms with Crippen LogP contribution in [0, 0.1) is 0 Å². The van der Waals surface area contributed by atoms with E-state index in [4.69, 9.17) is 21.1 Å². The number of aromatic nitrogens is 3. The molecule has 0 amide bonds. The maximum atomic E-state index is 5.94. The van der Waals surface area contributed by atoms with Gasteiger partial charge in [0.05, 0.1) is 25.4 Å². The molecule has 1 fully saturated rings. The van der Waals surface area contributed by atoms with Gasteiger partial charge < -0.3 is 14.4 Å². The van der Waals surface area contributed by atoms with E-state index in [0.717, 1.165) is 13.0 Å². The van der Waals surface area contributed by atoms with Gasteiger partial charge in [-0.15, -0.1) is 0 Å². The van der Waals surface area contributed by atoms with E-state index < -0.39 is 0 Å². The molecule has 2 rings (SSSR count). The second-order valence-electron chi connectivity index (χ2n) is 4.68. The number of ether oxygens (including phenoxy) is 2. The van der Waals surface area contributed by atoms with Crippen LogP contribution in [-0.4, -0.2) is 46.9 Å². The average Bonchev–Trinajstić information content (AvgIpc) is 2.37. The number of halogens is 1. The van der Waals surface area contributed by atoms with Gasteiger partial charge in [-0.25, -0.2) is 0 Å². The molecule has 106 valence electrons. The van der Waals surface area contributed by atoms with Gasteiger partial charge in [-0.3, -0.25) is 0 Å². The summed E-state index contributed by atoms with van der Waals surface area (Å²) in [7, 11) is 0. The fraction of sp³-hybridized carbons (Fsp3) is 0.750. The predicted octanol–water partition coefficient (Wildman–Crippen LogP) is 1.93. The fourth-order valence-electron chi connectivity index (χ4n) is 1.97. The summed E-state index contributed by atoms with van der Waals surface area (Å²) in [6, 6.07) is 0.533. The summed E-state index contributed by atoms with van der Waals surface area (Å²) in [5.41, 5.74) is 0. The maximum Gasteiger partial charge on any atom is 0.322 e. The Morgan fingerprint density at radius 2 is 2.21 bits per heavy atom. The third-order valence-electron chi connectivity index (χ3n) is 2.87. The highest BCUT2D eigenvalue weighted by molar-refractivity contribution is 6.28. The van der Waals surface area contributed by atoms with E-state index in [-0.39, 0.29) is 23.4 Å². The third-order valence-corrected chi connectivity index (χ3v) is 3.04. The molecule has 1 aliphatic rings. The molecule has 0 aliphatic carbocycles. The topological polar surface area (TPSA) is 60.4 Å². The van der Waals surface area contributed by atoms with Crippen molar-refractivity contribution >= 4 is 17.5 Å². The molecule has 1 saturated heterocycles. The van der Waals surface area contributed by atoms with Crippen molar-refractivity contribution < 1.29 is 9.47 Å². The van der Waals surface area contributed by atoms with E-state index in [0.29, 0.717) is 19.2 Å². The minimum absolute atomic E-state index is 0.00187. The number of rotatable bonds is 4. The molecule has 0 N–H and O–H groups in total. The summed E-state index contributed by atoms with van der Waals surface area (Å²) in [5.74, 6) is 0.561. The molecular formula is C12H19ClN4O2. The monoisotopic (exact) mass is 286 g/mol. The van der Waals surface area contributed by atoms with Crippen molar-refractivity contribution in [3.63, 3.8) is 0 Å². The Bertz CT molecular complexity index is 430. The van der Waals surface area contributed by atoms with Crippen molar-refractivity contribution in [2.24, 2.45) is 0 Å². The van der Waals surface area contributed by atoms with Crippen molar-refractivity contribution in [1.29, 1.82) is 0 Å². The van der Waals surface area contributed by atoms with E-state index in [1.807, 2.05) is 13.8 Å². The van der Waals surface area contributed by atoms with Gasteiger partial charge in [0, 0.05) is 6.54 Å². The predicted molar refractivity (Wildman–Crippen MR) is 72.8 cm³/mol. The van der Waals surface area contributed by atoms with E-state index in [9.17, 15) is 0 Å². The molecule has 1 atom stereocenters. The van der Waals surface area contributed by atoms with Gasteiger partial charge in [-0.05, 0) is 31.9 Å². The first-order valence-electron chi connectivity index (χ1n) is 6.52. The van der Waals surface area contributed by atoms with Crippen molar-refractivity contribution in [3.8, 4) is 6.01 Å². The lowest BCUT2D eigenvalue weighted by Crippen LogP contribution is -2.46. The number of morpholine rings is 1. The standard InChI is InChI=1S/C12H19ClN4O2/c1-4-9-7-18-6-5-17(9)11-14-10(13)15-12(16-11)19-8(2)3/h8-9H,4-7H2,1-3H3. The van der Waals surface area contributed by atoms with Crippen LogP contribution in [0.1, 0.15) is 27.2 Å². The minimum atomic E-state index is -0.00187. The van der Waals surface area contributed by atoms with Crippen molar-refractivity contribution in [3.05, 3.63) is 5.28 Å². The van der Waals surface area contributed by atoms with Crippen LogP contribution in [0.5, 0.6) is 6.01 Å². The first-order chi connectivity index (χ1) is 9.10. The Morgan fingerprint density at radius 1 is 1.42 bits per heavy atom. The number of nitrogens with zero attached hydrogens (tertiary/aromatic N) is 4. The Kier molecular flexibility index (Phi) is 4.76. The highest BCUT2D eigenvalue weighted by atomic mass is 35.5. The normalized spacial score (nSPS) is 19.8. The first-order valence-corrected chi connectivity index (χ1v) is 6.90. The maximum absolute atomic E-state index is 5.94. The molecule has 19 heavy (non-hydrogen) atoms. The van der Waals surface area contributed by atoms with Crippen LogP contribution in [0.25, 0.3) is 0 Å². The summed E-state index contributed by atoms with van der Waals surface area (Å²) in [6.45, 7) is 8.04. The molecule has 1 aromatic rings. The Labute approximate surface area is 118 Å². The van der Waals surface area contributed by atoms with E-state index >= 15 is 0 Å². The second kappa shape index (κ2) is 6.34. The van der Waals surface area contributed by atoms with Gasteiger partial charge in [0.25, 0.3) is 0 Å². The molecule has 0 aromatic carbocycles. The molecule has 2 heterocycles. The van der Waals surface area contributed by atoms with Crippen LogP contribution in [0.2, 0.25) is 5.28 Å². The van der Waals surface area contributed by atoms with E-state index in [1.165, 1.54) is 0 Å². The summed E-state index contributed by atoms with van der Waals surface area (Å²) in [4.78, 5) is 14.6. The zero-order chi connectivity index (χ0) is 13.8. The zero-order valence-electron chi connectivity index (χ0n) is 11.5. The van der Waals surface area contributed by atoms with Gasteiger partial charge in [0.1, 0.15) is 0 Å². The van der Waals surface area contributed by atoms with Gasteiger partial charge in [0.2, 0.25) is 11.2 Å². The Morgan fingerprint density at radius 3 is 2.89 bits per heavy atom. The van der Waals surface area contributed by atoms with Crippen LogP contribution in [0.3, 0.4) is 0 Å². The van der Waals surface area contributed by atoms with E-state index in [2.05, 4.69) is 26.8 Å². The third kappa shape index (κ3) is 3.67. The Hall–Kier alpha value is -1.14. The average molecular weight is 287 g/mol. The Balaban J connectivity index is 2.24. The van der Waals surface area contributed by atoms with Crippen LogP contribution in [0.15, 0.2) is 0 Å². The lowest BCUT2D eigenvalue weighted by molar-refractivity contribution is 0.0918. The smallest absolute Gasteiger partial charge is 0.322 e. The van der Waals surface area contributed by atoms with Crippen LogP contribution < -0.4 is 9.64 Å². The number of hydrogen-bond acceptors (Lipinski definition) is 6. The highest BCUT2D eigenvalue weighted by Gasteiger charge is 2.25. The SMILES string of the molecule is CCC1COCCN1c1nc(Cl)nc(OC(C)C)n1. The molecule has 1 unspecified atom stereocenters. The lowest BCUT2D eigenvalue weighted by atomic mass is 10.2. The molecule has 1 aliphatic heterocycles. The largest absolute Gasteiger partial charge is 0.461 e. The minimum Gasteiger partial charge on any atom is -0.461 e. The number of anilines is 1. The molecular weight excluding hydrogens is 268 g/mol. The molecule has 0 spiro atoms. The van der Waals surface area contributed by atoms with Gasteiger partial charge in [-0.1, -0.05) is 6.92 Å². The number of hydrogen-bond donors (Lipinski definition) is 0. The van der Waals surface area contributed by atoms with Crippen molar-refractivity contribution in [2.75, 3.05) is 24.7 Å². The van der Waals surface area contributed by atoms with Gasteiger partial charge in [-0.2, -0.15) is 15.0 Å². The lowest BCUT2D eigenvalue weighted by Gasteiger charge is -2.35. The highest BCUT2D eigenvalue weighted by Crippen LogP contribution is 2.21. The van der Waals surface area contributed by atoms with Gasteiger partial charge >= 0.3 is 6.01 Å². The van der Waals surface area contributed by atoms with Crippen LogP contribution in [0.4, 0.5) is 5.95 Å². The van der Waals surface area contributed by atoms with Crippen LogP contribution >= 0.6 is 11.6 Å². The molecule has 0 saturated carbocycles. The van der Waals surface area contributed by atoms with Crippen molar-refractivity contribution in [1.82, 2.24) is 15.0 Å². The van der Waals surface area contributed by atoms with Crippen molar-refractivity contribution in [2.45, 2.75) is 39.3 Å². The zero-order valence-corrected chi connectivity index (χ0v) is 12.2. The fourth-order valence-corrected chi connectivity index (χ4v) is 2.12. The second-order valence-corrected chi connectivity index (χ2v) is 5.02. The molecule has 7 heteroatoms. The van der Waals surface area contributed by atoms with Gasteiger partial charge in [0.15, 0.2) is 0 Å². The molecule has 6 nitrogen and oxygen atoms in total. The summed E-state index contributed by atoms with van der Waals surface area (Å²) in [6.07, 6.45) is 0.960. The first kappa shape index (κ1) is 14.3. The van der Waals surface area contributed by atoms with Crippen LogP contribution in [-0.2, 0) is 4.74 Å². The molecule has 1 aromatic heterocycles. The van der Waals surface area contributed by atoms with E-state index in [1.54, 1.807) is 0 Å². The molecule has 0 bridgehead atoms. The quantitative estimate of drug-likeness (QED) is 0.843. The summed E-state index contributed by atoms with van der Waals surface area (Å²) in [5, 5.41) is 0.155. The summed E-state index contributed by atoms with van der Waals surface area (Å²) < 4.78 is 11.0. The summed E-state index contributed by atoms with van der Waals surface area (Å²) >= 11 is 5.94.